The molecule has 12 heteroatoms. The fourth-order valence-electron chi connectivity index (χ4n) is 3.56. The zero-order valence-electron chi connectivity index (χ0n) is 18.0. The minimum atomic E-state index is -0.899. The number of ether oxygens (including phenoxy) is 2. The van der Waals surface area contributed by atoms with Gasteiger partial charge in [0.1, 0.15) is 21.7 Å². The van der Waals surface area contributed by atoms with Gasteiger partial charge in [0.2, 0.25) is 0 Å². The smallest absolute Gasteiger partial charge is 0.168 e. The quantitative estimate of drug-likeness (QED) is 0.298. The Balaban J connectivity index is 0.000000191. The van der Waals surface area contributed by atoms with Gasteiger partial charge in [-0.05, 0) is 12.1 Å². The van der Waals surface area contributed by atoms with Crippen LogP contribution in [-0.2, 0) is 21.4 Å². The number of alkyl halides is 1. The maximum atomic E-state index is 13.9. The second-order valence-corrected chi connectivity index (χ2v) is 8.80. The molecule has 0 bridgehead atoms. The van der Waals surface area contributed by atoms with Gasteiger partial charge in [-0.1, -0.05) is 39.1 Å². The van der Waals surface area contributed by atoms with Gasteiger partial charge in [0.05, 0.1) is 44.4 Å². The molecular weight excluding hydrogens is 567 g/mol. The van der Waals surface area contributed by atoms with Gasteiger partial charge in [-0.25, -0.2) is 17.6 Å². The largest absolute Gasteiger partial charge is 0.392 e. The summed E-state index contributed by atoms with van der Waals surface area (Å²) in [6, 6.07) is 2.79. The first-order valence-corrected chi connectivity index (χ1v) is 12.3. The highest BCUT2D eigenvalue weighted by molar-refractivity contribution is 9.08. The summed E-state index contributed by atoms with van der Waals surface area (Å²) < 4.78 is 65.1. The highest BCUT2D eigenvalue weighted by Crippen LogP contribution is 2.33. The van der Waals surface area contributed by atoms with E-state index >= 15 is 0 Å². The molecule has 2 aliphatic heterocycles. The van der Waals surface area contributed by atoms with Crippen LogP contribution < -0.4 is 9.80 Å². The van der Waals surface area contributed by atoms with Crippen LogP contribution in [0.15, 0.2) is 12.1 Å². The fourth-order valence-corrected chi connectivity index (χ4v) is 4.41. The van der Waals surface area contributed by atoms with E-state index in [0.29, 0.717) is 69.2 Å². The Morgan fingerprint density at radius 3 is 1.50 bits per heavy atom. The molecule has 2 aromatic carbocycles. The Kier molecular flexibility index (Phi) is 10.1. The molecule has 0 aromatic heterocycles. The normalized spacial score (nSPS) is 16.4. The topological polar surface area (TPSA) is 45.2 Å². The number of hydrogen-bond acceptors (Lipinski definition) is 5. The molecule has 2 saturated heterocycles. The summed E-state index contributed by atoms with van der Waals surface area (Å²) in [5, 5.41) is 8.28. The summed E-state index contributed by atoms with van der Waals surface area (Å²) in [6.07, 6.45) is 0. The summed E-state index contributed by atoms with van der Waals surface area (Å²) in [6.45, 7) is 3.75. The van der Waals surface area contributed by atoms with Crippen LogP contribution in [0.2, 0.25) is 10.0 Å². The van der Waals surface area contributed by atoms with Gasteiger partial charge in [0, 0.05) is 42.6 Å². The Labute approximate surface area is 213 Å². The van der Waals surface area contributed by atoms with E-state index < -0.39 is 39.9 Å². The van der Waals surface area contributed by atoms with Gasteiger partial charge < -0.3 is 24.4 Å². The predicted molar refractivity (Wildman–Crippen MR) is 127 cm³/mol. The lowest BCUT2D eigenvalue weighted by molar-refractivity contribution is 0.122. The second kappa shape index (κ2) is 12.6. The lowest BCUT2D eigenvalue weighted by Gasteiger charge is -2.29. The van der Waals surface area contributed by atoms with E-state index in [2.05, 4.69) is 15.9 Å². The summed E-state index contributed by atoms with van der Waals surface area (Å²) >= 11 is 14.4. The van der Waals surface area contributed by atoms with Crippen molar-refractivity contribution in [3.63, 3.8) is 0 Å². The molecule has 0 spiro atoms. The molecule has 0 unspecified atom stereocenters. The number of aliphatic hydroxyl groups is 1. The molecule has 0 radical (unpaired) electrons. The molecule has 0 saturated carbocycles. The van der Waals surface area contributed by atoms with Gasteiger partial charge >= 0.3 is 0 Å². The number of rotatable bonds is 4. The van der Waals surface area contributed by atoms with Crippen LogP contribution in [0, 0.1) is 23.3 Å². The molecule has 0 aliphatic carbocycles. The number of halogens is 7. The maximum Gasteiger partial charge on any atom is 0.168 e. The molecule has 2 aromatic rings. The summed E-state index contributed by atoms with van der Waals surface area (Å²) in [5.41, 5.74) is 0.911. The highest BCUT2D eigenvalue weighted by atomic mass is 79.9. The van der Waals surface area contributed by atoms with Crippen LogP contribution in [0.25, 0.3) is 0 Å². The van der Waals surface area contributed by atoms with E-state index in [1.165, 1.54) is 12.1 Å². The van der Waals surface area contributed by atoms with Gasteiger partial charge in [-0.2, -0.15) is 0 Å². The Hall–Kier alpha value is -1.30. The van der Waals surface area contributed by atoms with Gasteiger partial charge in [-0.3, -0.25) is 0 Å². The molecule has 5 nitrogen and oxygen atoms in total. The standard InChI is InChI=1S/C11H11BrClF2NO.C11H12ClF2NO2/c12-6-7-5-8(11(15)9(13)10(7)14)16-1-3-17-4-2-16;12-9-10(13)7(6-16)5-8(11(9)14)15-1-3-17-4-2-15/h5H,1-4,6H2;5,16H,1-4,6H2. The first-order valence-electron chi connectivity index (χ1n) is 10.4. The van der Waals surface area contributed by atoms with E-state index in [1.54, 1.807) is 4.90 Å². The lowest BCUT2D eigenvalue weighted by atomic mass is 10.1. The van der Waals surface area contributed by atoms with Crippen molar-refractivity contribution in [2.45, 2.75) is 11.9 Å². The Morgan fingerprint density at radius 2 is 1.12 bits per heavy atom. The van der Waals surface area contributed by atoms with Crippen molar-refractivity contribution in [3.8, 4) is 0 Å². The average molecular weight is 590 g/mol. The second-order valence-electron chi connectivity index (χ2n) is 7.48. The summed E-state index contributed by atoms with van der Waals surface area (Å²) in [5.74, 6) is -3.08. The van der Waals surface area contributed by atoms with Crippen LogP contribution in [0.3, 0.4) is 0 Å². The van der Waals surface area contributed by atoms with Crippen molar-refractivity contribution in [1.29, 1.82) is 0 Å². The SMILES string of the molecule is Fc1c(CBr)cc(N2CCOCC2)c(F)c1Cl.OCc1cc(N2CCOCC2)c(F)c(Cl)c1F. The van der Waals surface area contributed by atoms with E-state index in [0.717, 1.165) is 0 Å². The van der Waals surface area contributed by atoms with Crippen LogP contribution >= 0.6 is 39.1 Å². The third-order valence-corrected chi connectivity index (χ3v) is 6.69. The minimum absolute atomic E-state index is 0.00195. The minimum Gasteiger partial charge on any atom is -0.392 e. The van der Waals surface area contributed by atoms with Gasteiger partial charge in [0.25, 0.3) is 0 Å². The highest BCUT2D eigenvalue weighted by Gasteiger charge is 2.23. The molecule has 2 heterocycles. The van der Waals surface area contributed by atoms with Crippen molar-refractivity contribution in [2.75, 3.05) is 62.4 Å². The molecule has 2 fully saturated rings. The number of anilines is 2. The Morgan fingerprint density at radius 1 is 0.735 bits per heavy atom. The number of benzene rings is 2. The summed E-state index contributed by atoms with van der Waals surface area (Å²) in [7, 11) is 0. The van der Waals surface area contributed by atoms with Crippen LogP contribution in [0.5, 0.6) is 0 Å². The maximum absolute atomic E-state index is 13.9. The zero-order valence-corrected chi connectivity index (χ0v) is 21.1. The molecule has 0 amide bonds. The van der Waals surface area contributed by atoms with Crippen molar-refractivity contribution in [2.24, 2.45) is 0 Å². The Bertz CT molecular complexity index is 928. The van der Waals surface area contributed by atoms with Crippen LogP contribution in [0.4, 0.5) is 28.9 Å². The molecule has 34 heavy (non-hydrogen) atoms. The lowest BCUT2D eigenvalue weighted by Crippen LogP contribution is -2.37. The monoisotopic (exact) mass is 588 g/mol. The van der Waals surface area contributed by atoms with Gasteiger partial charge in [0.15, 0.2) is 11.6 Å². The van der Waals surface area contributed by atoms with Crippen LogP contribution in [0.1, 0.15) is 11.1 Å². The van der Waals surface area contributed by atoms with Crippen molar-refractivity contribution in [1.82, 2.24) is 0 Å². The number of hydrogen-bond donors (Lipinski definition) is 1. The van der Waals surface area contributed by atoms with E-state index in [4.69, 9.17) is 37.8 Å². The third kappa shape index (κ3) is 6.09. The summed E-state index contributed by atoms with van der Waals surface area (Å²) in [4.78, 5) is 3.54. The van der Waals surface area contributed by atoms with Crippen molar-refractivity contribution in [3.05, 3.63) is 56.6 Å². The third-order valence-electron chi connectivity index (χ3n) is 5.42. The average Bonchev–Trinajstić information content (AvgIpc) is 2.88. The number of nitrogens with zero attached hydrogens (tertiary/aromatic N) is 2. The zero-order chi connectivity index (χ0) is 24.8. The van der Waals surface area contributed by atoms with E-state index in [9.17, 15) is 17.6 Å². The fraction of sp³-hybridized carbons (Fsp3) is 0.455. The molecule has 188 valence electrons. The van der Waals surface area contributed by atoms with Crippen LogP contribution in [-0.4, -0.2) is 57.7 Å². The van der Waals surface area contributed by atoms with E-state index in [-0.39, 0.29) is 11.3 Å². The molecule has 1 N–H and O–H groups in total. The van der Waals surface area contributed by atoms with E-state index in [1.807, 2.05) is 4.90 Å². The molecule has 0 atom stereocenters. The molecular formula is C22H23BrCl2F4N2O3. The number of morpholine rings is 2. The first-order chi connectivity index (χ1) is 16.3. The van der Waals surface area contributed by atoms with Crippen molar-refractivity contribution >= 4 is 50.5 Å². The molecule has 2 aliphatic rings. The predicted octanol–water partition coefficient (Wildman–Crippen LogP) is 5.30. The van der Waals surface area contributed by atoms with Crippen molar-refractivity contribution < 1.29 is 32.1 Å². The number of aliphatic hydroxyl groups excluding tert-OH is 1. The molecule has 4 rings (SSSR count). The first kappa shape index (κ1) is 27.3. The van der Waals surface area contributed by atoms with Gasteiger partial charge in [-0.15, -0.1) is 0 Å².